The van der Waals surface area contributed by atoms with Crippen LogP contribution in [0.5, 0.6) is 0 Å². The van der Waals surface area contributed by atoms with Gasteiger partial charge in [0.05, 0.1) is 13.2 Å². The number of nitrogens with two attached hydrogens (primary N) is 1. The van der Waals surface area contributed by atoms with Crippen molar-refractivity contribution in [2.24, 2.45) is 16.3 Å². The Balaban J connectivity index is 4.81. The van der Waals surface area contributed by atoms with Crippen LogP contribution >= 0.6 is 0 Å². The Labute approximate surface area is 108 Å². The van der Waals surface area contributed by atoms with E-state index in [1.54, 1.807) is 33.0 Å². The van der Waals surface area contributed by atoms with Crippen LogP contribution in [-0.4, -0.2) is 62.4 Å². The fraction of sp³-hybridized carbons (Fsp3) is 0.818. The maximum absolute atomic E-state index is 12.3. The number of ether oxygens (including phenoxy) is 2. The van der Waals surface area contributed by atoms with Gasteiger partial charge in [0.25, 0.3) is 0 Å². The van der Waals surface area contributed by atoms with E-state index in [1.165, 1.54) is 0 Å². The molecule has 0 rings (SSSR count). The van der Waals surface area contributed by atoms with Crippen LogP contribution < -0.4 is 5.73 Å². The molecule has 0 saturated carbocycles. The number of amides is 1. The molecule has 3 N–H and O–H groups in total. The monoisotopic (exact) mass is 261 g/mol. The van der Waals surface area contributed by atoms with Crippen LogP contribution in [-0.2, 0) is 14.3 Å². The molecule has 0 aliphatic heterocycles. The maximum Gasteiger partial charge on any atom is 0.236 e. The van der Waals surface area contributed by atoms with Crippen LogP contribution in [0.3, 0.4) is 0 Å². The third kappa shape index (κ3) is 4.50. The van der Waals surface area contributed by atoms with Crippen LogP contribution in [0.2, 0.25) is 0 Å². The first-order chi connectivity index (χ1) is 8.41. The number of hydrogen-bond donors (Lipinski definition) is 2. The van der Waals surface area contributed by atoms with E-state index in [1.807, 2.05) is 0 Å². The maximum atomic E-state index is 12.3. The lowest BCUT2D eigenvalue weighted by molar-refractivity contribution is -0.138. The molecule has 0 atom stereocenters. The second-order valence-electron chi connectivity index (χ2n) is 4.39. The molecule has 0 aromatic rings. The average Bonchev–Trinajstić information content (AvgIpc) is 2.37. The molecule has 18 heavy (non-hydrogen) atoms. The summed E-state index contributed by atoms with van der Waals surface area (Å²) >= 11 is 0. The van der Waals surface area contributed by atoms with Gasteiger partial charge in [0.15, 0.2) is 5.84 Å². The first-order valence-corrected chi connectivity index (χ1v) is 5.67. The molecule has 0 spiro atoms. The summed E-state index contributed by atoms with van der Waals surface area (Å²) in [7, 11) is 3.13. The highest BCUT2D eigenvalue weighted by Gasteiger charge is 2.36. The van der Waals surface area contributed by atoms with E-state index >= 15 is 0 Å². The fourth-order valence-corrected chi connectivity index (χ4v) is 1.35. The van der Waals surface area contributed by atoms with Crippen LogP contribution in [0.4, 0.5) is 0 Å². The second-order valence-corrected chi connectivity index (χ2v) is 4.39. The van der Waals surface area contributed by atoms with Gasteiger partial charge in [-0.25, -0.2) is 0 Å². The number of rotatable bonds is 8. The van der Waals surface area contributed by atoms with E-state index in [0.717, 1.165) is 0 Å². The Morgan fingerprint density at radius 2 is 1.72 bits per heavy atom. The van der Waals surface area contributed by atoms with Gasteiger partial charge in [-0.15, -0.1) is 0 Å². The molecule has 0 unspecified atom stereocenters. The van der Waals surface area contributed by atoms with E-state index in [4.69, 9.17) is 20.4 Å². The predicted octanol–water partition coefficient (Wildman–Crippen LogP) is -0.120. The molecular weight excluding hydrogens is 238 g/mol. The average molecular weight is 261 g/mol. The van der Waals surface area contributed by atoms with E-state index in [9.17, 15) is 4.79 Å². The molecule has 0 radical (unpaired) electrons. The molecule has 0 fully saturated rings. The fourth-order valence-electron chi connectivity index (χ4n) is 1.35. The molecule has 0 aromatic heterocycles. The highest BCUT2D eigenvalue weighted by Crippen LogP contribution is 2.19. The van der Waals surface area contributed by atoms with Crippen LogP contribution in [0.1, 0.15) is 13.8 Å². The van der Waals surface area contributed by atoms with E-state index < -0.39 is 5.41 Å². The van der Waals surface area contributed by atoms with E-state index in [0.29, 0.717) is 26.3 Å². The van der Waals surface area contributed by atoms with Gasteiger partial charge in [0, 0.05) is 27.3 Å². The van der Waals surface area contributed by atoms with Crippen molar-refractivity contribution in [1.29, 1.82) is 0 Å². The summed E-state index contributed by atoms with van der Waals surface area (Å²) in [6, 6.07) is 0. The minimum Gasteiger partial charge on any atom is -0.409 e. The number of amidine groups is 1. The topological polar surface area (TPSA) is 97.4 Å². The highest BCUT2D eigenvalue weighted by atomic mass is 16.5. The van der Waals surface area contributed by atoms with Gasteiger partial charge < -0.3 is 25.3 Å². The van der Waals surface area contributed by atoms with Crippen molar-refractivity contribution >= 4 is 11.7 Å². The molecule has 0 aliphatic rings. The van der Waals surface area contributed by atoms with Crippen molar-refractivity contribution in [1.82, 2.24) is 4.90 Å². The number of oxime groups is 1. The van der Waals surface area contributed by atoms with Crippen molar-refractivity contribution in [3.63, 3.8) is 0 Å². The van der Waals surface area contributed by atoms with Crippen molar-refractivity contribution in [2.75, 3.05) is 40.5 Å². The summed E-state index contributed by atoms with van der Waals surface area (Å²) in [5.74, 6) is -0.348. The second kappa shape index (κ2) is 7.88. The van der Waals surface area contributed by atoms with Gasteiger partial charge in [0.1, 0.15) is 5.41 Å². The van der Waals surface area contributed by atoms with E-state index in [2.05, 4.69) is 5.16 Å². The molecule has 106 valence electrons. The Kier molecular flexibility index (Phi) is 7.30. The molecule has 0 bridgehead atoms. The van der Waals surface area contributed by atoms with Gasteiger partial charge >= 0.3 is 0 Å². The molecule has 7 nitrogen and oxygen atoms in total. The summed E-state index contributed by atoms with van der Waals surface area (Å²) in [5, 5.41) is 11.6. The largest absolute Gasteiger partial charge is 0.409 e. The first-order valence-electron chi connectivity index (χ1n) is 5.67. The predicted molar refractivity (Wildman–Crippen MR) is 67.5 cm³/mol. The molecule has 7 heteroatoms. The zero-order valence-corrected chi connectivity index (χ0v) is 11.5. The van der Waals surface area contributed by atoms with Gasteiger partial charge in [-0.3, -0.25) is 4.79 Å². The van der Waals surface area contributed by atoms with Crippen LogP contribution in [0.25, 0.3) is 0 Å². The smallest absolute Gasteiger partial charge is 0.236 e. The van der Waals surface area contributed by atoms with E-state index in [-0.39, 0.29) is 11.7 Å². The lowest BCUT2D eigenvalue weighted by Crippen LogP contribution is -2.49. The summed E-state index contributed by atoms with van der Waals surface area (Å²) in [5.41, 5.74) is 4.48. The molecular formula is C11H23N3O4. The summed E-state index contributed by atoms with van der Waals surface area (Å²) in [6.07, 6.45) is 0. The molecule has 0 saturated heterocycles. The Hall–Kier alpha value is -1.34. The van der Waals surface area contributed by atoms with Crippen molar-refractivity contribution in [3.8, 4) is 0 Å². The van der Waals surface area contributed by atoms with Crippen LogP contribution in [0.15, 0.2) is 5.16 Å². The van der Waals surface area contributed by atoms with Crippen molar-refractivity contribution in [3.05, 3.63) is 0 Å². The standard InChI is InChI=1S/C11H23N3O4/c1-11(2,9(12)13-16)10(15)14(5-7-17-3)6-8-18-4/h16H,5-8H2,1-4H3,(H2,12,13). The van der Waals surface area contributed by atoms with Crippen molar-refractivity contribution in [2.45, 2.75) is 13.8 Å². The highest BCUT2D eigenvalue weighted by molar-refractivity contribution is 6.05. The quantitative estimate of drug-likeness (QED) is 0.275. The molecule has 1 amide bonds. The molecule has 0 heterocycles. The number of carbonyl (C=O) groups is 1. The third-order valence-corrected chi connectivity index (χ3v) is 2.70. The number of nitrogens with zero attached hydrogens (tertiary/aromatic N) is 2. The SMILES string of the molecule is COCCN(CCOC)C(=O)C(C)(C)C(N)=NO. The van der Waals surface area contributed by atoms with Crippen molar-refractivity contribution < 1.29 is 19.5 Å². The van der Waals surface area contributed by atoms with Crippen LogP contribution in [0, 0.1) is 5.41 Å². The zero-order valence-electron chi connectivity index (χ0n) is 11.5. The summed E-state index contributed by atoms with van der Waals surface area (Å²) < 4.78 is 9.91. The first kappa shape index (κ1) is 16.7. The van der Waals surface area contributed by atoms with Gasteiger partial charge in [-0.1, -0.05) is 5.16 Å². The summed E-state index contributed by atoms with van der Waals surface area (Å²) in [4.78, 5) is 13.9. The third-order valence-electron chi connectivity index (χ3n) is 2.70. The van der Waals surface area contributed by atoms with Gasteiger partial charge in [-0.05, 0) is 13.8 Å². The zero-order chi connectivity index (χ0) is 14.2. The minimum absolute atomic E-state index is 0.118. The molecule has 0 aromatic carbocycles. The Morgan fingerprint density at radius 3 is 2.06 bits per heavy atom. The number of methoxy groups -OCH3 is 2. The Morgan fingerprint density at radius 1 is 1.28 bits per heavy atom. The van der Waals surface area contributed by atoms with Gasteiger partial charge in [-0.2, -0.15) is 0 Å². The number of hydrogen-bond acceptors (Lipinski definition) is 5. The minimum atomic E-state index is -1.06. The summed E-state index contributed by atoms with van der Waals surface area (Å²) in [6.45, 7) is 4.92. The molecule has 0 aliphatic carbocycles. The normalized spacial score (nSPS) is 12.6. The lowest BCUT2D eigenvalue weighted by atomic mass is 9.90. The Bertz CT molecular complexity index is 284. The lowest BCUT2D eigenvalue weighted by Gasteiger charge is -2.30. The number of carbonyl (C=O) groups excluding carboxylic acids is 1. The van der Waals surface area contributed by atoms with Gasteiger partial charge in [0.2, 0.25) is 5.91 Å².